The van der Waals surface area contributed by atoms with E-state index in [0.717, 1.165) is 16.7 Å². The van der Waals surface area contributed by atoms with Crippen molar-refractivity contribution in [1.82, 2.24) is 0 Å². The Hall–Kier alpha value is -1.61. The van der Waals surface area contributed by atoms with Crippen molar-refractivity contribution >= 4 is 17.6 Å². The van der Waals surface area contributed by atoms with Crippen molar-refractivity contribution < 1.29 is 5.11 Å². The molecule has 0 aliphatic heterocycles. The van der Waals surface area contributed by atoms with E-state index in [-0.39, 0.29) is 5.75 Å². The first kappa shape index (κ1) is 8.97. The highest BCUT2D eigenvalue weighted by molar-refractivity contribution is 7.13. The monoisotopic (exact) mass is 203 g/mol. The van der Waals surface area contributed by atoms with Gasteiger partial charge in [-0.2, -0.15) is 0 Å². The lowest BCUT2D eigenvalue weighted by Crippen LogP contribution is -1.82. The zero-order chi connectivity index (χ0) is 9.97. The van der Waals surface area contributed by atoms with E-state index in [0.29, 0.717) is 5.56 Å². The van der Waals surface area contributed by atoms with Gasteiger partial charge < -0.3 is 10.5 Å². The Balaban J connectivity index is 2.51. The Kier molecular flexibility index (Phi) is 2.33. The molecule has 1 aromatic carbocycles. The van der Waals surface area contributed by atoms with E-state index in [1.807, 2.05) is 29.6 Å². The molecule has 1 aromatic heterocycles. The van der Waals surface area contributed by atoms with Crippen molar-refractivity contribution in [3.8, 4) is 16.2 Å². The highest BCUT2D eigenvalue weighted by Gasteiger charge is 2.02. The Labute approximate surface area is 86.0 Å². The van der Waals surface area contributed by atoms with Gasteiger partial charge in [-0.15, -0.1) is 11.3 Å². The van der Waals surface area contributed by atoms with Gasteiger partial charge in [0.05, 0.1) is 0 Å². The van der Waals surface area contributed by atoms with Crippen molar-refractivity contribution in [2.45, 2.75) is 0 Å². The number of rotatable bonds is 2. The maximum atomic E-state index is 9.38. The molecule has 3 heteroatoms. The molecule has 2 rings (SSSR count). The number of phenols is 1. The molecule has 0 fully saturated rings. The summed E-state index contributed by atoms with van der Waals surface area (Å²) >= 11 is 1.64. The molecule has 0 saturated heterocycles. The molecule has 0 unspecified atom stereocenters. The fourth-order valence-electron chi connectivity index (χ4n) is 1.27. The molecular weight excluding hydrogens is 194 g/mol. The minimum absolute atomic E-state index is 0.153. The van der Waals surface area contributed by atoms with Crippen LogP contribution >= 0.6 is 11.3 Å². The zero-order valence-electron chi connectivity index (χ0n) is 7.40. The average Bonchev–Trinajstić information content (AvgIpc) is 2.71. The lowest BCUT2D eigenvalue weighted by molar-refractivity contribution is 0.474. The van der Waals surface area contributed by atoms with E-state index in [4.69, 9.17) is 5.41 Å². The van der Waals surface area contributed by atoms with Gasteiger partial charge in [0.1, 0.15) is 5.75 Å². The predicted octanol–water partition coefficient (Wildman–Crippen LogP) is 3.12. The molecule has 1 heterocycles. The van der Waals surface area contributed by atoms with E-state index in [2.05, 4.69) is 0 Å². The minimum Gasteiger partial charge on any atom is -0.507 e. The van der Waals surface area contributed by atoms with Crippen LogP contribution in [0.15, 0.2) is 35.7 Å². The molecule has 2 N–H and O–H groups in total. The fourth-order valence-corrected chi connectivity index (χ4v) is 1.99. The Bertz CT molecular complexity index is 448. The summed E-state index contributed by atoms with van der Waals surface area (Å²) < 4.78 is 0. The van der Waals surface area contributed by atoms with Crippen LogP contribution in [0.2, 0.25) is 0 Å². The summed E-state index contributed by atoms with van der Waals surface area (Å²) in [4.78, 5) is 1.15. The summed E-state index contributed by atoms with van der Waals surface area (Å²) in [6.45, 7) is 0. The second-order valence-corrected chi connectivity index (χ2v) is 3.84. The number of hydrogen-bond acceptors (Lipinski definition) is 3. The van der Waals surface area contributed by atoms with Gasteiger partial charge in [-0.05, 0) is 35.2 Å². The number of phenolic OH excluding ortho intramolecular Hbond substituents is 1. The number of thiophene rings is 1. The standard InChI is InChI=1S/C11H9NOS/c12-7-9-6-8(3-4-10(9)13)11-2-1-5-14-11/h1-7,12-13H. The zero-order valence-corrected chi connectivity index (χ0v) is 8.21. The molecule has 0 saturated carbocycles. The van der Waals surface area contributed by atoms with Crippen molar-refractivity contribution in [2.75, 3.05) is 0 Å². The lowest BCUT2D eigenvalue weighted by atomic mass is 10.1. The van der Waals surface area contributed by atoms with Crippen LogP contribution in [-0.2, 0) is 0 Å². The maximum absolute atomic E-state index is 9.38. The van der Waals surface area contributed by atoms with E-state index in [1.165, 1.54) is 0 Å². The van der Waals surface area contributed by atoms with Gasteiger partial charge in [-0.1, -0.05) is 6.07 Å². The van der Waals surface area contributed by atoms with E-state index < -0.39 is 0 Å². The summed E-state index contributed by atoms with van der Waals surface area (Å²) in [5.74, 6) is 0.153. The predicted molar refractivity (Wildman–Crippen MR) is 59.3 cm³/mol. The molecule has 0 aliphatic rings. The molecular formula is C11H9NOS. The molecule has 2 nitrogen and oxygen atoms in total. The number of hydrogen-bond donors (Lipinski definition) is 2. The molecule has 70 valence electrons. The second-order valence-electron chi connectivity index (χ2n) is 2.90. The van der Waals surface area contributed by atoms with Crippen LogP contribution in [0.3, 0.4) is 0 Å². The van der Waals surface area contributed by atoms with Gasteiger partial charge in [0.2, 0.25) is 0 Å². The van der Waals surface area contributed by atoms with E-state index >= 15 is 0 Å². The first-order chi connectivity index (χ1) is 6.81. The molecule has 2 aromatic rings. The third kappa shape index (κ3) is 1.54. The number of aromatic hydroxyl groups is 1. The molecule has 0 spiro atoms. The summed E-state index contributed by atoms with van der Waals surface area (Å²) in [7, 11) is 0. The van der Waals surface area contributed by atoms with Gasteiger partial charge in [-0.3, -0.25) is 0 Å². The van der Waals surface area contributed by atoms with Gasteiger partial charge in [-0.25, -0.2) is 0 Å². The summed E-state index contributed by atoms with van der Waals surface area (Å²) in [6, 6.07) is 9.29. The third-order valence-corrected chi connectivity index (χ3v) is 2.91. The van der Waals surface area contributed by atoms with Crippen LogP contribution in [0.4, 0.5) is 0 Å². The third-order valence-electron chi connectivity index (χ3n) is 1.99. The van der Waals surface area contributed by atoms with Crippen molar-refractivity contribution in [3.05, 3.63) is 41.3 Å². The van der Waals surface area contributed by atoms with Crippen LogP contribution in [0.1, 0.15) is 5.56 Å². The normalized spacial score (nSPS) is 10.0. The quantitative estimate of drug-likeness (QED) is 0.723. The van der Waals surface area contributed by atoms with Crippen LogP contribution in [0.25, 0.3) is 10.4 Å². The maximum Gasteiger partial charge on any atom is 0.124 e. The van der Waals surface area contributed by atoms with Gasteiger partial charge in [0, 0.05) is 16.7 Å². The molecule has 0 aliphatic carbocycles. The van der Waals surface area contributed by atoms with Crippen LogP contribution in [0, 0.1) is 5.41 Å². The SMILES string of the molecule is N=Cc1cc(-c2cccs2)ccc1O. The summed E-state index contributed by atoms with van der Waals surface area (Å²) in [5.41, 5.74) is 1.59. The number of nitrogens with one attached hydrogen (secondary N) is 1. The highest BCUT2D eigenvalue weighted by atomic mass is 32.1. The molecule has 0 atom stereocenters. The Morgan fingerprint density at radius 3 is 2.79 bits per heavy atom. The highest BCUT2D eigenvalue weighted by Crippen LogP contribution is 2.28. The Morgan fingerprint density at radius 2 is 2.14 bits per heavy atom. The summed E-state index contributed by atoms with van der Waals surface area (Å²) in [5, 5.41) is 18.5. The van der Waals surface area contributed by atoms with Crippen LogP contribution in [0.5, 0.6) is 5.75 Å². The van der Waals surface area contributed by atoms with Crippen molar-refractivity contribution in [1.29, 1.82) is 5.41 Å². The van der Waals surface area contributed by atoms with E-state index in [9.17, 15) is 5.11 Å². The largest absolute Gasteiger partial charge is 0.507 e. The fraction of sp³-hybridized carbons (Fsp3) is 0. The lowest BCUT2D eigenvalue weighted by Gasteiger charge is -2.01. The molecule has 14 heavy (non-hydrogen) atoms. The first-order valence-corrected chi connectivity index (χ1v) is 5.06. The first-order valence-electron chi connectivity index (χ1n) is 4.18. The smallest absolute Gasteiger partial charge is 0.124 e. The molecule has 0 bridgehead atoms. The number of benzene rings is 1. The topological polar surface area (TPSA) is 44.1 Å². The van der Waals surface area contributed by atoms with Gasteiger partial charge in [0.15, 0.2) is 0 Å². The minimum atomic E-state index is 0.153. The van der Waals surface area contributed by atoms with Crippen LogP contribution < -0.4 is 0 Å². The summed E-state index contributed by atoms with van der Waals surface area (Å²) in [6.07, 6.45) is 1.16. The Morgan fingerprint density at radius 1 is 1.29 bits per heavy atom. The van der Waals surface area contributed by atoms with Crippen molar-refractivity contribution in [2.24, 2.45) is 0 Å². The van der Waals surface area contributed by atoms with Crippen molar-refractivity contribution in [3.63, 3.8) is 0 Å². The van der Waals surface area contributed by atoms with E-state index in [1.54, 1.807) is 17.4 Å². The average molecular weight is 203 g/mol. The van der Waals surface area contributed by atoms with Crippen LogP contribution in [-0.4, -0.2) is 11.3 Å². The van der Waals surface area contributed by atoms with Gasteiger partial charge >= 0.3 is 0 Å². The molecule has 0 amide bonds. The molecule has 0 radical (unpaired) electrons. The second kappa shape index (κ2) is 3.64. The van der Waals surface area contributed by atoms with Gasteiger partial charge in [0.25, 0.3) is 0 Å².